The molecule has 0 radical (unpaired) electrons. The number of amides is 2. The Balaban J connectivity index is 2.44. The first-order chi connectivity index (χ1) is 8.84. The number of carbonyl (C=O) groups is 2. The van der Waals surface area contributed by atoms with Gasteiger partial charge in [0.2, 0.25) is 0 Å². The lowest BCUT2D eigenvalue weighted by Crippen LogP contribution is -2.47. The molecule has 19 heavy (non-hydrogen) atoms. The van der Waals surface area contributed by atoms with E-state index in [0.717, 1.165) is 19.3 Å². The number of hydrogen-bond donors (Lipinski definition) is 3. The number of carboxylic acids is 1. The second kappa shape index (κ2) is 6.78. The van der Waals surface area contributed by atoms with Crippen molar-refractivity contribution in [3.8, 4) is 0 Å². The van der Waals surface area contributed by atoms with Gasteiger partial charge in [0.15, 0.2) is 0 Å². The molecule has 0 saturated heterocycles. The fourth-order valence-corrected chi connectivity index (χ4v) is 3.02. The molecule has 1 saturated carbocycles. The van der Waals surface area contributed by atoms with Crippen LogP contribution in [0.1, 0.15) is 52.9 Å². The second-order valence-corrected chi connectivity index (χ2v) is 6.19. The van der Waals surface area contributed by atoms with Gasteiger partial charge in [-0.3, -0.25) is 4.79 Å². The van der Waals surface area contributed by atoms with Gasteiger partial charge in [0.05, 0.1) is 0 Å². The van der Waals surface area contributed by atoms with Gasteiger partial charge in [-0.2, -0.15) is 0 Å². The molecule has 3 N–H and O–H groups in total. The third-order valence-corrected chi connectivity index (χ3v) is 3.85. The summed E-state index contributed by atoms with van der Waals surface area (Å²) >= 11 is 0. The minimum atomic E-state index is -1.02. The van der Waals surface area contributed by atoms with E-state index in [0.29, 0.717) is 12.5 Å². The molecule has 0 aliphatic heterocycles. The molecule has 2 amide bonds. The van der Waals surface area contributed by atoms with E-state index in [2.05, 4.69) is 24.5 Å². The van der Waals surface area contributed by atoms with Crippen molar-refractivity contribution in [2.45, 2.75) is 58.9 Å². The molecule has 1 aliphatic carbocycles. The fourth-order valence-electron chi connectivity index (χ4n) is 3.02. The zero-order valence-electron chi connectivity index (χ0n) is 12.2. The standard InChI is InChI=1S/C14H26N2O3/c1-10(2)8-14(6-4-5-7-14)9-15-13(19)16-11(3)12(17)18/h10-11H,4-9H2,1-3H3,(H,17,18)(H2,15,16,19)/t11-/m0/s1. The van der Waals surface area contributed by atoms with Crippen molar-refractivity contribution in [1.82, 2.24) is 10.6 Å². The molecule has 1 fully saturated rings. The zero-order valence-corrected chi connectivity index (χ0v) is 12.2. The number of urea groups is 1. The SMILES string of the molecule is CC(C)CC1(CNC(=O)N[C@@H](C)C(=O)O)CCCC1. The van der Waals surface area contributed by atoms with E-state index in [4.69, 9.17) is 5.11 Å². The summed E-state index contributed by atoms with van der Waals surface area (Å²) in [5.74, 6) is -0.409. The average molecular weight is 270 g/mol. The molecule has 1 aliphatic rings. The van der Waals surface area contributed by atoms with E-state index in [1.807, 2.05) is 0 Å². The Morgan fingerprint density at radius 3 is 2.26 bits per heavy atom. The Labute approximate surface area is 115 Å². The summed E-state index contributed by atoms with van der Waals surface area (Å²) in [4.78, 5) is 22.3. The highest BCUT2D eigenvalue weighted by atomic mass is 16.4. The normalized spacial score (nSPS) is 19.2. The lowest BCUT2D eigenvalue weighted by molar-refractivity contribution is -0.138. The predicted molar refractivity (Wildman–Crippen MR) is 74.0 cm³/mol. The van der Waals surface area contributed by atoms with Crippen LogP contribution in [0.25, 0.3) is 0 Å². The highest BCUT2D eigenvalue weighted by Gasteiger charge is 2.34. The Bertz CT molecular complexity index is 323. The van der Waals surface area contributed by atoms with Crippen molar-refractivity contribution in [3.63, 3.8) is 0 Å². The van der Waals surface area contributed by atoms with Crippen molar-refractivity contribution >= 4 is 12.0 Å². The van der Waals surface area contributed by atoms with Crippen LogP contribution in [0.15, 0.2) is 0 Å². The van der Waals surface area contributed by atoms with E-state index in [-0.39, 0.29) is 11.4 Å². The first kappa shape index (κ1) is 15.8. The van der Waals surface area contributed by atoms with Gasteiger partial charge >= 0.3 is 12.0 Å². The smallest absolute Gasteiger partial charge is 0.325 e. The highest BCUT2D eigenvalue weighted by Crippen LogP contribution is 2.42. The van der Waals surface area contributed by atoms with Crippen molar-refractivity contribution in [2.75, 3.05) is 6.54 Å². The van der Waals surface area contributed by atoms with Gasteiger partial charge < -0.3 is 15.7 Å². The van der Waals surface area contributed by atoms with Gasteiger partial charge in [-0.1, -0.05) is 26.7 Å². The number of hydrogen-bond acceptors (Lipinski definition) is 2. The molecule has 110 valence electrons. The molecule has 0 bridgehead atoms. The topological polar surface area (TPSA) is 78.4 Å². The van der Waals surface area contributed by atoms with Crippen molar-refractivity contribution in [3.05, 3.63) is 0 Å². The van der Waals surface area contributed by atoms with Crippen LogP contribution >= 0.6 is 0 Å². The maximum Gasteiger partial charge on any atom is 0.325 e. The lowest BCUT2D eigenvalue weighted by atomic mass is 9.78. The molecule has 0 heterocycles. The number of nitrogens with one attached hydrogen (secondary N) is 2. The van der Waals surface area contributed by atoms with Crippen LogP contribution < -0.4 is 10.6 Å². The van der Waals surface area contributed by atoms with Crippen molar-refractivity contribution < 1.29 is 14.7 Å². The number of carboxylic acid groups (broad SMARTS) is 1. The van der Waals surface area contributed by atoms with Crippen LogP contribution in [0.2, 0.25) is 0 Å². The van der Waals surface area contributed by atoms with Gasteiger partial charge in [-0.25, -0.2) is 4.79 Å². The van der Waals surface area contributed by atoms with E-state index in [1.54, 1.807) is 0 Å². The first-order valence-corrected chi connectivity index (χ1v) is 7.12. The van der Waals surface area contributed by atoms with E-state index in [9.17, 15) is 9.59 Å². The summed E-state index contributed by atoms with van der Waals surface area (Å²) in [5, 5.41) is 14.0. The molecule has 1 atom stereocenters. The van der Waals surface area contributed by atoms with Crippen molar-refractivity contribution in [2.24, 2.45) is 11.3 Å². The van der Waals surface area contributed by atoms with Gasteiger partial charge in [-0.05, 0) is 37.5 Å². The quantitative estimate of drug-likeness (QED) is 0.693. The Morgan fingerprint density at radius 1 is 1.21 bits per heavy atom. The third-order valence-electron chi connectivity index (χ3n) is 3.85. The third kappa shape index (κ3) is 5.09. The number of rotatable bonds is 6. The summed E-state index contributed by atoms with van der Waals surface area (Å²) in [5.41, 5.74) is 0.206. The van der Waals surface area contributed by atoms with Crippen LogP contribution in [0, 0.1) is 11.3 Å². The van der Waals surface area contributed by atoms with Gasteiger partial charge in [0, 0.05) is 6.54 Å². The average Bonchev–Trinajstić information content (AvgIpc) is 2.74. The minimum absolute atomic E-state index is 0.206. The van der Waals surface area contributed by atoms with Crippen molar-refractivity contribution in [1.29, 1.82) is 0 Å². The van der Waals surface area contributed by atoms with Crippen LogP contribution in [-0.2, 0) is 4.79 Å². The molecule has 0 unspecified atom stereocenters. The molecular formula is C14H26N2O3. The largest absolute Gasteiger partial charge is 0.480 e. The molecule has 5 heteroatoms. The summed E-state index contributed by atoms with van der Waals surface area (Å²) in [6.45, 7) is 6.50. The van der Waals surface area contributed by atoms with Crippen LogP contribution in [0.4, 0.5) is 4.79 Å². The van der Waals surface area contributed by atoms with E-state index < -0.39 is 12.0 Å². The molecule has 0 aromatic carbocycles. The van der Waals surface area contributed by atoms with Gasteiger partial charge in [0.1, 0.15) is 6.04 Å². The summed E-state index contributed by atoms with van der Waals surface area (Å²) in [6.07, 6.45) is 5.87. The summed E-state index contributed by atoms with van der Waals surface area (Å²) in [6, 6.07) is -1.24. The molecular weight excluding hydrogens is 244 g/mol. The monoisotopic (exact) mass is 270 g/mol. The van der Waals surface area contributed by atoms with Gasteiger partial charge in [-0.15, -0.1) is 0 Å². The number of aliphatic carboxylic acids is 1. The Morgan fingerprint density at radius 2 is 1.79 bits per heavy atom. The first-order valence-electron chi connectivity index (χ1n) is 7.12. The van der Waals surface area contributed by atoms with Gasteiger partial charge in [0.25, 0.3) is 0 Å². The predicted octanol–water partition coefficient (Wildman–Crippen LogP) is 2.37. The summed E-state index contributed by atoms with van der Waals surface area (Å²) < 4.78 is 0. The molecule has 1 rings (SSSR count). The lowest BCUT2D eigenvalue weighted by Gasteiger charge is -2.31. The maximum atomic E-state index is 11.7. The highest BCUT2D eigenvalue weighted by molar-refractivity contribution is 5.82. The minimum Gasteiger partial charge on any atom is -0.480 e. The fraction of sp³-hybridized carbons (Fsp3) is 0.857. The van der Waals surface area contributed by atoms with E-state index >= 15 is 0 Å². The maximum absolute atomic E-state index is 11.7. The number of carbonyl (C=O) groups excluding carboxylic acids is 1. The van der Waals surface area contributed by atoms with E-state index in [1.165, 1.54) is 19.8 Å². The molecule has 5 nitrogen and oxygen atoms in total. The molecule has 0 aromatic heterocycles. The van der Waals surface area contributed by atoms with Crippen LogP contribution in [0.5, 0.6) is 0 Å². The molecule has 0 aromatic rings. The molecule has 0 spiro atoms. The Kier molecular flexibility index (Phi) is 5.63. The Hall–Kier alpha value is -1.26. The van der Waals surface area contributed by atoms with Crippen LogP contribution in [-0.4, -0.2) is 29.7 Å². The second-order valence-electron chi connectivity index (χ2n) is 6.19. The zero-order chi connectivity index (χ0) is 14.5. The summed E-state index contributed by atoms with van der Waals surface area (Å²) in [7, 11) is 0. The van der Waals surface area contributed by atoms with Crippen LogP contribution in [0.3, 0.4) is 0 Å².